The normalized spacial score (nSPS) is 10.2. The minimum absolute atomic E-state index is 0.0124. The van der Waals surface area contributed by atoms with E-state index >= 15 is 0 Å². The van der Waals surface area contributed by atoms with E-state index < -0.39 is 0 Å². The topological polar surface area (TPSA) is 83.1 Å². The SMILES string of the molecule is OCCOc1ccc(NCc2ccn[nH]2)cn1. The monoisotopic (exact) mass is 234 g/mol. The number of hydrogen-bond donors (Lipinski definition) is 3. The van der Waals surface area contributed by atoms with Crippen molar-refractivity contribution in [2.45, 2.75) is 6.54 Å². The molecule has 0 spiro atoms. The largest absolute Gasteiger partial charge is 0.475 e. The van der Waals surface area contributed by atoms with Gasteiger partial charge in [0, 0.05) is 12.3 Å². The zero-order valence-electron chi connectivity index (χ0n) is 9.26. The molecule has 0 saturated heterocycles. The first-order valence-electron chi connectivity index (χ1n) is 5.30. The minimum atomic E-state index is -0.0124. The van der Waals surface area contributed by atoms with Gasteiger partial charge in [-0.25, -0.2) is 4.98 Å². The van der Waals surface area contributed by atoms with Crippen molar-refractivity contribution < 1.29 is 9.84 Å². The van der Waals surface area contributed by atoms with Crippen molar-refractivity contribution >= 4 is 5.69 Å². The van der Waals surface area contributed by atoms with Gasteiger partial charge in [-0.15, -0.1) is 0 Å². The third kappa shape index (κ3) is 3.46. The van der Waals surface area contributed by atoms with E-state index in [1.54, 1.807) is 18.5 Å². The first kappa shape index (κ1) is 11.4. The van der Waals surface area contributed by atoms with Gasteiger partial charge in [0.1, 0.15) is 6.61 Å². The van der Waals surface area contributed by atoms with Crippen LogP contribution in [0.1, 0.15) is 5.69 Å². The zero-order chi connectivity index (χ0) is 11.9. The first-order chi connectivity index (χ1) is 8.38. The molecule has 0 fully saturated rings. The van der Waals surface area contributed by atoms with E-state index in [9.17, 15) is 0 Å². The molecule has 0 radical (unpaired) electrons. The van der Waals surface area contributed by atoms with E-state index in [4.69, 9.17) is 9.84 Å². The van der Waals surface area contributed by atoms with Crippen molar-refractivity contribution in [2.75, 3.05) is 18.5 Å². The number of nitrogens with one attached hydrogen (secondary N) is 2. The highest BCUT2D eigenvalue weighted by atomic mass is 16.5. The molecule has 0 aliphatic heterocycles. The van der Waals surface area contributed by atoms with Crippen molar-refractivity contribution in [3.8, 4) is 5.88 Å². The number of nitrogens with zero attached hydrogens (tertiary/aromatic N) is 2. The molecule has 2 rings (SSSR count). The number of rotatable bonds is 6. The summed E-state index contributed by atoms with van der Waals surface area (Å²) >= 11 is 0. The number of ether oxygens (including phenoxy) is 1. The predicted octanol–water partition coefficient (Wildman–Crippen LogP) is 0.788. The van der Waals surface area contributed by atoms with E-state index in [0.717, 1.165) is 11.4 Å². The second-order valence-electron chi connectivity index (χ2n) is 3.39. The van der Waals surface area contributed by atoms with Crippen LogP contribution in [0, 0.1) is 0 Å². The minimum Gasteiger partial charge on any atom is -0.475 e. The van der Waals surface area contributed by atoms with Crippen molar-refractivity contribution in [3.63, 3.8) is 0 Å². The molecule has 0 amide bonds. The number of aliphatic hydroxyl groups is 1. The number of anilines is 1. The molecule has 2 heterocycles. The predicted molar refractivity (Wildman–Crippen MR) is 62.7 cm³/mol. The van der Waals surface area contributed by atoms with Crippen LogP contribution in [-0.4, -0.2) is 33.5 Å². The number of aromatic nitrogens is 3. The highest BCUT2D eigenvalue weighted by Crippen LogP contribution is 2.12. The molecule has 0 aromatic carbocycles. The van der Waals surface area contributed by atoms with E-state index in [1.807, 2.05) is 12.1 Å². The van der Waals surface area contributed by atoms with Crippen molar-refractivity contribution in [3.05, 3.63) is 36.3 Å². The second-order valence-corrected chi connectivity index (χ2v) is 3.39. The fourth-order valence-electron chi connectivity index (χ4n) is 1.30. The van der Waals surface area contributed by atoms with Gasteiger partial charge in [-0.2, -0.15) is 5.10 Å². The Labute approximate surface area is 98.7 Å². The standard InChI is InChI=1S/C11H14N4O2/c16-5-6-17-11-2-1-9(7-13-11)12-8-10-3-4-14-15-10/h1-4,7,12,16H,5-6,8H2,(H,14,15). The average molecular weight is 234 g/mol. The quantitative estimate of drug-likeness (QED) is 0.688. The zero-order valence-corrected chi connectivity index (χ0v) is 9.26. The lowest BCUT2D eigenvalue weighted by molar-refractivity contribution is 0.196. The van der Waals surface area contributed by atoms with E-state index in [1.165, 1.54) is 0 Å². The molecule has 0 aliphatic rings. The summed E-state index contributed by atoms with van der Waals surface area (Å²) in [6, 6.07) is 5.53. The maximum Gasteiger partial charge on any atom is 0.213 e. The molecular weight excluding hydrogens is 220 g/mol. The number of H-pyrrole nitrogens is 1. The summed E-state index contributed by atoms with van der Waals surface area (Å²) in [4.78, 5) is 4.09. The van der Waals surface area contributed by atoms with Gasteiger partial charge in [-0.05, 0) is 12.1 Å². The third-order valence-corrected chi connectivity index (χ3v) is 2.12. The molecule has 17 heavy (non-hydrogen) atoms. The van der Waals surface area contributed by atoms with Crippen LogP contribution in [0.15, 0.2) is 30.6 Å². The van der Waals surface area contributed by atoms with Crippen LogP contribution in [0.3, 0.4) is 0 Å². The molecule has 2 aromatic heterocycles. The second kappa shape index (κ2) is 5.86. The Bertz CT molecular complexity index is 427. The highest BCUT2D eigenvalue weighted by molar-refractivity contribution is 5.42. The summed E-state index contributed by atoms with van der Waals surface area (Å²) in [7, 11) is 0. The third-order valence-electron chi connectivity index (χ3n) is 2.12. The molecule has 0 aliphatic carbocycles. The molecule has 0 unspecified atom stereocenters. The van der Waals surface area contributed by atoms with Gasteiger partial charge in [0.2, 0.25) is 5.88 Å². The molecular formula is C11H14N4O2. The molecule has 0 atom stereocenters. The maximum atomic E-state index is 8.60. The molecule has 6 nitrogen and oxygen atoms in total. The Morgan fingerprint density at radius 1 is 1.35 bits per heavy atom. The van der Waals surface area contributed by atoms with E-state index in [2.05, 4.69) is 20.5 Å². The van der Waals surface area contributed by atoms with Crippen molar-refractivity contribution in [1.82, 2.24) is 15.2 Å². The summed E-state index contributed by atoms with van der Waals surface area (Å²) in [5.41, 5.74) is 1.90. The van der Waals surface area contributed by atoms with Crippen LogP contribution in [0.5, 0.6) is 5.88 Å². The van der Waals surface area contributed by atoms with Crippen molar-refractivity contribution in [1.29, 1.82) is 0 Å². The van der Waals surface area contributed by atoms with Crippen LogP contribution in [0.25, 0.3) is 0 Å². The molecule has 3 N–H and O–H groups in total. The lowest BCUT2D eigenvalue weighted by Crippen LogP contribution is -2.04. The number of aliphatic hydroxyl groups excluding tert-OH is 1. The van der Waals surface area contributed by atoms with Gasteiger partial charge in [-0.3, -0.25) is 5.10 Å². The maximum absolute atomic E-state index is 8.60. The van der Waals surface area contributed by atoms with Crippen molar-refractivity contribution in [2.24, 2.45) is 0 Å². The Morgan fingerprint density at radius 3 is 2.94 bits per heavy atom. The highest BCUT2D eigenvalue weighted by Gasteiger charge is 1.97. The summed E-state index contributed by atoms with van der Waals surface area (Å²) in [5.74, 6) is 0.506. The average Bonchev–Trinajstić information content (AvgIpc) is 2.88. The summed E-state index contributed by atoms with van der Waals surface area (Å²) in [5, 5.41) is 18.5. The molecule has 6 heteroatoms. The smallest absolute Gasteiger partial charge is 0.213 e. The van der Waals surface area contributed by atoms with E-state index in [0.29, 0.717) is 12.4 Å². The Morgan fingerprint density at radius 2 is 2.29 bits per heavy atom. The first-order valence-corrected chi connectivity index (χ1v) is 5.30. The van der Waals surface area contributed by atoms with Gasteiger partial charge in [-0.1, -0.05) is 0 Å². The Balaban J connectivity index is 1.85. The fraction of sp³-hybridized carbons (Fsp3) is 0.273. The number of aromatic amines is 1. The van der Waals surface area contributed by atoms with Gasteiger partial charge in [0.25, 0.3) is 0 Å². The summed E-state index contributed by atoms with van der Waals surface area (Å²) in [6.45, 7) is 0.911. The van der Waals surface area contributed by atoms with Crippen LogP contribution < -0.4 is 10.1 Å². The van der Waals surface area contributed by atoms with Crippen LogP contribution in [0.2, 0.25) is 0 Å². The van der Waals surface area contributed by atoms with Crippen LogP contribution >= 0.6 is 0 Å². The van der Waals surface area contributed by atoms with Gasteiger partial charge >= 0.3 is 0 Å². The van der Waals surface area contributed by atoms with Gasteiger partial charge in [0.05, 0.1) is 30.7 Å². The van der Waals surface area contributed by atoms with Gasteiger partial charge < -0.3 is 15.2 Å². The number of pyridine rings is 1. The van der Waals surface area contributed by atoms with E-state index in [-0.39, 0.29) is 13.2 Å². The molecule has 0 bridgehead atoms. The Hall–Kier alpha value is -2.08. The lowest BCUT2D eigenvalue weighted by atomic mass is 10.4. The van der Waals surface area contributed by atoms with Gasteiger partial charge in [0.15, 0.2) is 0 Å². The summed E-state index contributed by atoms with van der Waals surface area (Å²) < 4.78 is 5.16. The number of hydrogen-bond acceptors (Lipinski definition) is 5. The lowest BCUT2D eigenvalue weighted by Gasteiger charge is -2.06. The fourth-order valence-corrected chi connectivity index (χ4v) is 1.30. The summed E-state index contributed by atoms with van der Waals surface area (Å²) in [6.07, 6.45) is 3.39. The van der Waals surface area contributed by atoms with Crippen LogP contribution in [0.4, 0.5) is 5.69 Å². The Kier molecular flexibility index (Phi) is 3.93. The molecule has 0 saturated carbocycles. The molecule has 90 valence electrons. The molecule has 2 aromatic rings. The van der Waals surface area contributed by atoms with Crippen LogP contribution in [-0.2, 0) is 6.54 Å².